The number of nitrogens with zero attached hydrogens (tertiary/aromatic N) is 6. The summed E-state index contributed by atoms with van der Waals surface area (Å²) in [5, 5.41) is 11.8. The minimum atomic E-state index is -0.0831. The smallest absolute Gasteiger partial charge is 0.321 e. The SMILES string of the molecule is O=C(Nc1ccc(-n2nccn2)nc1)N1CCC2(CC1)CN(Cc1cccc(Oc3ccc(Cl)cc3)c1)C2. The van der Waals surface area contributed by atoms with Crippen molar-refractivity contribution in [2.45, 2.75) is 19.4 Å². The summed E-state index contributed by atoms with van der Waals surface area (Å²) in [5.41, 5.74) is 2.18. The van der Waals surface area contributed by atoms with E-state index in [0.29, 0.717) is 21.9 Å². The molecule has 9 nitrogen and oxygen atoms in total. The molecule has 2 amide bonds. The van der Waals surface area contributed by atoms with Gasteiger partial charge in [0.25, 0.3) is 0 Å². The number of piperidine rings is 1. The van der Waals surface area contributed by atoms with Crippen LogP contribution in [0.3, 0.4) is 0 Å². The molecular formula is C28H28ClN7O2. The zero-order valence-corrected chi connectivity index (χ0v) is 21.6. The molecule has 2 aromatic carbocycles. The first-order valence-electron chi connectivity index (χ1n) is 12.7. The van der Waals surface area contributed by atoms with Gasteiger partial charge in [0.1, 0.15) is 11.5 Å². The van der Waals surface area contributed by atoms with E-state index in [2.05, 4.69) is 37.5 Å². The van der Waals surface area contributed by atoms with Crippen LogP contribution in [0.25, 0.3) is 5.82 Å². The zero-order chi connectivity index (χ0) is 26.0. The molecule has 4 aromatic rings. The molecule has 0 radical (unpaired) electrons. The van der Waals surface area contributed by atoms with E-state index < -0.39 is 0 Å². The molecule has 6 rings (SSSR count). The van der Waals surface area contributed by atoms with Crippen LogP contribution in [0.2, 0.25) is 5.02 Å². The quantitative estimate of drug-likeness (QED) is 0.367. The number of aromatic nitrogens is 4. The van der Waals surface area contributed by atoms with Gasteiger partial charge in [-0.25, -0.2) is 9.78 Å². The van der Waals surface area contributed by atoms with Crippen LogP contribution in [0.1, 0.15) is 18.4 Å². The molecule has 2 aliphatic rings. The molecule has 194 valence electrons. The molecule has 1 N–H and O–H groups in total. The van der Waals surface area contributed by atoms with Gasteiger partial charge in [-0.3, -0.25) is 4.90 Å². The Morgan fingerprint density at radius 1 is 0.974 bits per heavy atom. The second-order valence-electron chi connectivity index (χ2n) is 9.99. The van der Waals surface area contributed by atoms with E-state index in [9.17, 15) is 4.79 Å². The van der Waals surface area contributed by atoms with Gasteiger partial charge in [-0.2, -0.15) is 10.2 Å². The van der Waals surface area contributed by atoms with Crippen LogP contribution in [0.15, 0.2) is 79.3 Å². The number of likely N-dealkylation sites (tertiary alicyclic amines) is 2. The highest BCUT2D eigenvalue weighted by molar-refractivity contribution is 6.30. The third-order valence-corrected chi connectivity index (χ3v) is 7.46. The summed E-state index contributed by atoms with van der Waals surface area (Å²) in [7, 11) is 0. The first-order valence-corrected chi connectivity index (χ1v) is 13.0. The van der Waals surface area contributed by atoms with Crippen molar-refractivity contribution in [3.63, 3.8) is 0 Å². The van der Waals surface area contributed by atoms with Crippen LogP contribution in [0.4, 0.5) is 10.5 Å². The number of ether oxygens (including phenoxy) is 1. The Hall–Kier alpha value is -3.95. The molecule has 2 saturated heterocycles. The van der Waals surface area contributed by atoms with E-state index in [-0.39, 0.29) is 6.03 Å². The maximum atomic E-state index is 12.8. The Morgan fingerprint density at radius 2 is 1.74 bits per heavy atom. The Labute approximate surface area is 226 Å². The fourth-order valence-corrected chi connectivity index (χ4v) is 5.36. The summed E-state index contributed by atoms with van der Waals surface area (Å²) < 4.78 is 5.99. The highest BCUT2D eigenvalue weighted by atomic mass is 35.5. The molecule has 38 heavy (non-hydrogen) atoms. The number of carbonyl (C=O) groups is 1. The third-order valence-electron chi connectivity index (χ3n) is 7.21. The summed E-state index contributed by atoms with van der Waals surface area (Å²) in [6.07, 6.45) is 6.84. The van der Waals surface area contributed by atoms with Crippen molar-refractivity contribution < 1.29 is 9.53 Å². The van der Waals surface area contributed by atoms with Gasteiger partial charge in [-0.15, -0.1) is 4.80 Å². The summed E-state index contributed by atoms with van der Waals surface area (Å²) in [6.45, 7) is 4.51. The van der Waals surface area contributed by atoms with Crippen molar-refractivity contribution in [2.75, 3.05) is 31.5 Å². The number of halogens is 1. The normalized spacial score (nSPS) is 16.7. The van der Waals surface area contributed by atoms with Crippen LogP contribution in [-0.4, -0.2) is 62.0 Å². The fraction of sp³-hybridized carbons (Fsp3) is 0.286. The Morgan fingerprint density at radius 3 is 2.45 bits per heavy atom. The predicted octanol–water partition coefficient (Wildman–Crippen LogP) is 5.24. The summed E-state index contributed by atoms with van der Waals surface area (Å²) >= 11 is 5.97. The number of hydrogen-bond acceptors (Lipinski definition) is 6. The van der Waals surface area contributed by atoms with Crippen LogP contribution >= 0.6 is 11.6 Å². The average Bonchev–Trinajstić information content (AvgIpc) is 3.45. The number of amides is 2. The maximum Gasteiger partial charge on any atom is 0.321 e. The van der Waals surface area contributed by atoms with Crippen molar-refractivity contribution in [2.24, 2.45) is 5.41 Å². The minimum absolute atomic E-state index is 0.0831. The summed E-state index contributed by atoms with van der Waals surface area (Å²) in [4.78, 5) is 22.9. The lowest BCUT2D eigenvalue weighted by Gasteiger charge is -2.54. The molecule has 4 heterocycles. The molecular weight excluding hydrogens is 502 g/mol. The fourth-order valence-electron chi connectivity index (χ4n) is 5.23. The van der Waals surface area contributed by atoms with Crippen molar-refractivity contribution in [3.8, 4) is 17.3 Å². The molecule has 0 unspecified atom stereocenters. The average molecular weight is 530 g/mol. The van der Waals surface area contributed by atoms with E-state index in [1.54, 1.807) is 24.7 Å². The van der Waals surface area contributed by atoms with Crippen LogP contribution in [-0.2, 0) is 6.54 Å². The molecule has 0 atom stereocenters. The number of carbonyl (C=O) groups excluding carboxylic acids is 1. The van der Waals surface area contributed by atoms with Gasteiger partial charge in [-0.1, -0.05) is 23.7 Å². The molecule has 2 fully saturated rings. The van der Waals surface area contributed by atoms with Crippen molar-refractivity contribution in [1.82, 2.24) is 29.8 Å². The standard InChI is InChI=1S/C28H28ClN7O2/c29-22-4-7-24(8-5-22)38-25-3-1-2-21(16-25)18-34-19-28(20-34)10-14-35(15-11-28)27(37)33-23-6-9-26(30-17-23)36-31-12-13-32-36/h1-9,12-13,16-17H,10-11,14-15,18-20H2,(H,33,37). The molecule has 10 heteroatoms. The van der Waals surface area contributed by atoms with Crippen molar-refractivity contribution >= 4 is 23.3 Å². The Balaban J connectivity index is 0.965. The van der Waals surface area contributed by atoms with Crippen LogP contribution in [0, 0.1) is 5.41 Å². The van der Waals surface area contributed by atoms with Gasteiger partial charge < -0.3 is 15.0 Å². The second kappa shape index (κ2) is 10.4. The van der Waals surface area contributed by atoms with Gasteiger partial charge in [0.05, 0.1) is 24.3 Å². The summed E-state index contributed by atoms with van der Waals surface area (Å²) in [6, 6.07) is 19.1. The van der Waals surface area contributed by atoms with Gasteiger partial charge in [0, 0.05) is 37.7 Å². The van der Waals surface area contributed by atoms with E-state index >= 15 is 0 Å². The molecule has 1 spiro atoms. The number of nitrogens with one attached hydrogen (secondary N) is 1. The monoisotopic (exact) mass is 529 g/mol. The number of hydrogen-bond donors (Lipinski definition) is 1. The molecule has 2 aromatic heterocycles. The highest BCUT2D eigenvalue weighted by Gasteiger charge is 2.45. The number of anilines is 1. The van der Waals surface area contributed by atoms with E-state index in [0.717, 1.165) is 57.1 Å². The zero-order valence-electron chi connectivity index (χ0n) is 20.8. The van der Waals surface area contributed by atoms with Gasteiger partial charge in [-0.05, 0) is 72.4 Å². The first-order chi connectivity index (χ1) is 18.5. The van der Waals surface area contributed by atoms with Crippen molar-refractivity contribution in [3.05, 3.63) is 89.8 Å². The van der Waals surface area contributed by atoms with Crippen LogP contribution in [0.5, 0.6) is 11.5 Å². The molecule has 0 saturated carbocycles. The Bertz CT molecular complexity index is 1380. The number of urea groups is 1. The maximum absolute atomic E-state index is 12.8. The molecule has 0 bridgehead atoms. The van der Waals surface area contributed by atoms with Gasteiger partial charge in [0.15, 0.2) is 5.82 Å². The number of pyridine rings is 1. The van der Waals surface area contributed by atoms with Crippen molar-refractivity contribution in [1.29, 1.82) is 0 Å². The lowest BCUT2D eigenvalue weighted by Crippen LogP contribution is -2.60. The minimum Gasteiger partial charge on any atom is -0.457 e. The molecule has 2 aliphatic heterocycles. The van der Waals surface area contributed by atoms with Gasteiger partial charge in [0.2, 0.25) is 0 Å². The molecule has 0 aliphatic carbocycles. The number of rotatable bonds is 6. The summed E-state index contributed by atoms with van der Waals surface area (Å²) in [5.74, 6) is 2.19. The van der Waals surface area contributed by atoms with E-state index in [1.807, 2.05) is 47.4 Å². The topological polar surface area (TPSA) is 88.4 Å². The Kier molecular flexibility index (Phi) is 6.70. The van der Waals surface area contributed by atoms with E-state index in [4.69, 9.17) is 16.3 Å². The van der Waals surface area contributed by atoms with Crippen LogP contribution < -0.4 is 10.1 Å². The lowest BCUT2D eigenvalue weighted by atomic mass is 9.72. The predicted molar refractivity (Wildman–Crippen MR) is 145 cm³/mol. The lowest BCUT2D eigenvalue weighted by molar-refractivity contribution is -0.0435. The highest BCUT2D eigenvalue weighted by Crippen LogP contribution is 2.41. The first kappa shape index (κ1) is 24.4. The second-order valence-corrected chi connectivity index (χ2v) is 10.4. The van der Waals surface area contributed by atoms with E-state index in [1.165, 1.54) is 10.4 Å². The number of benzene rings is 2. The third kappa shape index (κ3) is 5.49. The largest absolute Gasteiger partial charge is 0.457 e. The van der Waals surface area contributed by atoms with Gasteiger partial charge >= 0.3 is 6.03 Å².